The number of hydrogen-bond donors (Lipinski definition) is 2. The highest BCUT2D eigenvalue weighted by Crippen LogP contribution is 2.21. The smallest absolute Gasteiger partial charge is 0.379 e. The molecule has 0 bridgehead atoms. The monoisotopic (exact) mass is 517 g/mol. The molecule has 2 N–H and O–H groups in total. The van der Waals surface area contributed by atoms with E-state index >= 15 is 0 Å². The van der Waals surface area contributed by atoms with E-state index in [4.69, 9.17) is 9.47 Å². The Bertz CT molecular complexity index is 605. The fraction of sp³-hybridized carbons (Fsp3) is 0.632. The van der Waals surface area contributed by atoms with Crippen molar-refractivity contribution in [3.8, 4) is 0 Å². The molecule has 1 aromatic carbocycles. The minimum atomic E-state index is -4.32. The molecule has 0 saturated heterocycles. The standard InChI is InChI=1S/C19H30F3N3O2.HI/c1-18(2,3)16(26-5)11-25-17(23-4)24-10-14-7-6-8-15(9-14)12-27-13-19(20,21)22;/h6-9,16H,10-13H2,1-5H3,(H2,23,24,25);1H. The number of benzene rings is 1. The van der Waals surface area contributed by atoms with Gasteiger partial charge >= 0.3 is 6.18 Å². The van der Waals surface area contributed by atoms with Gasteiger partial charge in [0.05, 0.1) is 12.7 Å². The van der Waals surface area contributed by atoms with Crippen LogP contribution in [0.3, 0.4) is 0 Å². The zero-order valence-electron chi connectivity index (χ0n) is 17.0. The van der Waals surface area contributed by atoms with Crippen LogP contribution in [0.15, 0.2) is 29.3 Å². The molecular weight excluding hydrogens is 486 g/mol. The quantitative estimate of drug-likeness (QED) is 0.310. The molecule has 5 nitrogen and oxygen atoms in total. The van der Waals surface area contributed by atoms with Gasteiger partial charge in [0, 0.05) is 27.2 Å². The number of aliphatic imine (C=N–C) groups is 1. The lowest BCUT2D eigenvalue weighted by Gasteiger charge is -2.30. The summed E-state index contributed by atoms with van der Waals surface area (Å²) in [6.45, 7) is 6.06. The number of halogens is 4. The molecule has 0 aromatic heterocycles. The first-order valence-corrected chi connectivity index (χ1v) is 8.75. The Kier molecular flexibility index (Phi) is 12.0. The molecule has 0 aliphatic carbocycles. The molecular formula is C19H31F3IN3O2. The SMILES string of the molecule is CN=C(NCc1cccc(COCC(F)(F)F)c1)NCC(OC)C(C)(C)C.I. The summed E-state index contributed by atoms with van der Waals surface area (Å²) >= 11 is 0. The molecule has 0 amide bonds. The highest BCUT2D eigenvalue weighted by molar-refractivity contribution is 14.0. The summed E-state index contributed by atoms with van der Waals surface area (Å²) in [5.74, 6) is 0.625. The van der Waals surface area contributed by atoms with Crippen molar-refractivity contribution in [3.05, 3.63) is 35.4 Å². The van der Waals surface area contributed by atoms with Gasteiger partial charge in [-0.15, -0.1) is 24.0 Å². The van der Waals surface area contributed by atoms with E-state index in [1.165, 1.54) is 0 Å². The third kappa shape index (κ3) is 11.1. The average molecular weight is 517 g/mol. The van der Waals surface area contributed by atoms with Gasteiger partial charge in [-0.25, -0.2) is 0 Å². The Hall–Kier alpha value is -1.07. The van der Waals surface area contributed by atoms with E-state index < -0.39 is 12.8 Å². The summed E-state index contributed by atoms with van der Waals surface area (Å²) in [4.78, 5) is 4.18. The van der Waals surface area contributed by atoms with Crippen LogP contribution in [0.1, 0.15) is 31.9 Å². The van der Waals surface area contributed by atoms with Crippen molar-refractivity contribution in [2.75, 3.05) is 27.3 Å². The number of rotatable bonds is 8. The summed E-state index contributed by atoms with van der Waals surface area (Å²) in [6.07, 6.45) is -4.30. The maximum Gasteiger partial charge on any atom is 0.411 e. The second-order valence-electron chi connectivity index (χ2n) is 7.32. The second-order valence-corrected chi connectivity index (χ2v) is 7.32. The van der Waals surface area contributed by atoms with Gasteiger partial charge in [-0.2, -0.15) is 13.2 Å². The van der Waals surface area contributed by atoms with Crippen molar-refractivity contribution < 1.29 is 22.6 Å². The number of ether oxygens (including phenoxy) is 2. The van der Waals surface area contributed by atoms with Gasteiger partial charge in [0.1, 0.15) is 6.61 Å². The molecule has 162 valence electrons. The highest BCUT2D eigenvalue weighted by Gasteiger charge is 2.27. The molecule has 0 fully saturated rings. The molecule has 1 atom stereocenters. The molecule has 0 heterocycles. The molecule has 0 spiro atoms. The first-order valence-electron chi connectivity index (χ1n) is 8.75. The second kappa shape index (κ2) is 12.5. The molecule has 9 heteroatoms. The van der Waals surface area contributed by atoms with Crippen LogP contribution < -0.4 is 10.6 Å². The first-order chi connectivity index (χ1) is 12.5. The summed E-state index contributed by atoms with van der Waals surface area (Å²) in [6, 6.07) is 7.23. The molecule has 0 aliphatic rings. The fourth-order valence-electron chi connectivity index (χ4n) is 2.45. The molecule has 28 heavy (non-hydrogen) atoms. The van der Waals surface area contributed by atoms with Crippen LogP contribution in [0.25, 0.3) is 0 Å². The maximum absolute atomic E-state index is 12.2. The van der Waals surface area contributed by atoms with Crippen LogP contribution in [-0.4, -0.2) is 45.5 Å². The van der Waals surface area contributed by atoms with E-state index in [9.17, 15) is 13.2 Å². The molecule has 0 aliphatic heterocycles. The van der Waals surface area contributed by atoms with E-state index in [2.05, 4.69) is 36.4 Å². The summed E-state index contributed by atoms with van der Waals surface area (Å²) in [5, 5.41) is 6.41. The van der Waals surface area contributed by atoms with Gasteiger partial charge in [0.15, 0.2) is 5.96 Å². The average Bonchev–Trinajstić information content (AvgIpc) is 2.56. The van der Waals surface area contributed by atoms with E-state index in [1.54, 1.807) is 26.3 Å². The van der Waals surface area contributed by atoms with E-state index in [0.29, 0.717) is 24.6 Å². The first kappa shape index (κ1) is 26.9. The van der Waals surface area contributed by atoms with Gasteiger partial charge in [0.2, 0.25) is 0 Å². The van der Waals surface area contributed by atoms with Crippen LogP contribution in [0.2, 0.25) is 0 Å². The number of nitrogens with zero attached hydrogens (tertiary/aromatic N) is 1. The third-order valence-electron chi connectivity index (χ3n) is 3.91. The summed E-state index contributed by atoms with van der Waals surface area (Å²) in [5.41, 5.74) is 1.60. The number of hydrogen-bond acceptors (Lipinski definition) is 3. The van der Waals surface area contributed by atoms with Gasteiger partial charge in [-0.1, -0.05) is 45.0 Å². The predicted octanol–water partition coefficient (Wildman–Crippen LogP) is 4.11. The van der Waals surface area contributed by atoms with Crippen molar-refractivity contribution in [2.45, 2.75) is 46.2 Å². The number of methoxy groups -OCH3 is 1. The minimum absolute atomic E-state index is 0. The summed E-state index contributed by atoms with van der Waals surface area (Å²) < 4.78 is 46.7. The van der Waals surface area contributed by atoms with Crippen molar-refractivity contribution >= 4 is 29.9 Å². The molecule has 1 unspecified atom stereocenters. The van der Waals surface area contributed by atoms with Gasteiger partial charge in [-0.3, -0.25) is 4.99 Å². The Morgan fingerprint density at radius 1 is 1.14 bits per heavy atom. The van der Waals surface area contributed by atoms with Crippen LogP contribution in [0, 0.1) is 5.41 Å². The Balaban J connectivity index is 0.00000729. The van der Waals surface area contributed by atoms with Crippen LogP contribution in [-0.2, 0) is 22.6 Å². The van der Waals surface area contributed by atoms with E-state index in [-0.39, 0.29) is 42.1 Å². The fourth-order valence-corrected chi connectivity index (χ4v) is 2.45. The molecule has 0 radical (unpaired) electrons. The van der Waals surface area contributed by atoms with Crippen molar-refractivity contribution in [1.29, 1.82) is 0 Å². The normalized spacial score (nSPS) is 13.6. The Morgan fingerprint density at radius 2 is 1.79 bits per heavy atom. The largest absolute Gasteiger partial charge is 0.411 e. The zero-order valence-corrected chi connectivity index (χ0v) is 19.4. The number of guanidine groups is 1. The third-order valence-corrected chi connectivity index (χ3v) is 3.91. The van der Waals surface area contributed by atoms with Crippen molar-refractivity contribution in [3.63, 3.8) is 0 Å². The zero-order chi connectivity index (χ0) is 20.5. The molecule has 1 aromatic rings. The number of nitrogens with one attached hydrogen (secondary N) is 2. The summed E-state index contributed by atoms with van der Waals surface area (Å²) in [7, 11) is 3.36. The van der Waals surface area contributed by atoms with E-state index in [1.807, 2.05) is 12.1 Å². The van der Waals surface area contributed by atoms with E-state index in [0.717, 1.165) is 5.56 Å². The van der Waals surface area contributed by atoms with Crippen molar-refractivity contribution in [1.82, 2.24) is 10.6 Å². The van der Waals surface area contributed by atoms with Gasteiger partial charge < -0.3 is 20.1 Å². The van der Waals surface area contributed by atoms with Gasteiger partial charge in [-0.05, 0) is 16.5 Å². The maximum atomic E-state index is 12.2. The topological polar surface area (TPSA) is 54.9 Å². The Labute approximate surface area is 182 Å². The minimum Gasteiger partial charge on any atom is -0.379 e. The lowest BCUT2D eigenvalue weighted by atomic mass is 9.89. The lowest BCUT2D eigenvalue weighted by molar-refractivity contribution is -0.176. The number of alkyl halides is 3. The Morgan fingerprint density at radius 3 is 2.32 bits per heavy atom. The lowest BCUT2D eigenvalue weighted by Crippen LogP contribution is -2.45. The van der Waals surface area contributed by atoms with Crippen molar-refractivity contribution in [2.24, 2.45) is 10.4 Å². The van der Waals surface area contributed by atoms with Crippen LogP contribution in [0.4, 0.5) is 13.2 Å². The molecule has 1 rings (SSSR count). The highest BCUT2D eigenvalue weighted by atomic mass is 127. The van der Waals surface area contributed by atoms with Gasteiger partial charge in [0.25, 0.3) is 0 Å². The van der Waals surface area contributed by atoms with Crippen LogP contribution in [0.5, 0.6) is 0 Å². The predicted molar refractivity (Wildman–Crippen MR) is 116 cm³/mol. The molecule has 0 saturated carbocycles. The van der Waals surface area contributed by atoms with Crippen LogP contribution >= 0.6 is 24.0 Å².